The molecule has 1 N–H and O–H groups in total. The lowest BCUT2D eigenvalue weighted by atomic mass is 9.82. The maximum atomic E-state index is 14.0. The summed E-state index contributed by atoms with van der Waals surface area (Å²) in [7, 11) is 0. The highest BCUT2D eigenvalue weighted by Gasteiger charge is 2.40. The minimum absolute atomic E-state index is 0.0719. The largest absolute Gasteiger partial charge is 0.478 e. The monoisotopic (exact) mass is 468 g/mol. The molecule has 1 saturated carbocycles. The van der Waals surface area contributed by atoms with Gasteiger partial charge in [-0.2, -0.15) is 0 Å². The molecule has 1 atom stereocenters. The van der Waals surface area contributed by atoms with Crippen molar-refractivity contribution in [2.45, 2.75) is 92.0 Å². The van der Waals surface area contributed by atoms with Crippen molar-refractivity contribution in [3.05, 3.63) is 22.9 Å². The lowest BCUT2D eigenvalue weighted by Crippen LogP contribution is -2.51. The summed E-state index contributed by atoms with van der Waals surface area (Å²) < 4.78 is 0. The molecule has 0 bridgehead atoms. The molecule has 3 aliphatic rings. The highest BCUT2D eigenvalue weighted by molar-refractivity contribution is 5.95. The van der Waals surface area contributed by atoms with Crippen LogP contribution in [0.5, 0.6) is 0 Å². The Kier molecular flexibility index (Phi) is 8.28. The SMILES string of the molecule is CC[C@@H](C(=O)N1CCCC1)N(C(=O)C1CCC(C)CC1)C1=C(C(=O)O)CC(C#CC(C)(C)C)=C1. The maximum absolute atomic E-state index is 14.0. The van der Waals surface area contributed by atoms with Crippen LogP contribution in [-0.2, 0) is 14.4 Å². The van der Waals surface area contributed by atoms with Gasteiger partial charge in [0.1, 0.15) is 6.04 Å². The number of carbonyl (C=O) groups excluding carboxylic acids is 2. The quantitative estimate of drug-likeness (QED) is 0.570. The van der Waals surface area contributed by atoms with Gasteiger partial charge in [0, 0.05) is 36.4 Å². The number of carboxylic acid groups (broad SMARTS) is 1. The van der Waals surface area contributed by atoms with Crippen LogP contribution in [0.25, 0.3) is 0 Å². The first-order chi connectivity index (χ1) is 16.0. The summed E-state index contributed by atoms with van der Waals surface area (Å²) in [6.45, 7) is 11.5. The molecule has 1 heterocycles. The molecule has 2 amide bonds. The fourth-order valence-corrected chi connectivity index (χ4v) is 5.09. The van der Waals surface area contributed by atoms with E-state index in [0.29, 0.717) is 36.7 Å². The van der Waals surface area contributed by atoms with E-state index < -0.39 is 12.0 Å². The van der Waals surface area contributed by atoms with Crippen molar-refractivity contribution in [3.63, 3.8) is 0 Å². The smallest absolute Gasteiger partial charge is 0.334 e. The van der Waals surface area contributed by atoms with Gasteiger partial charge in [-0.15, -0.1) is 0 Å². The van der Waals surface area contributed by atoms with Crippen LogP contribution < -0.4 is 0 Å². The minimum Gasteiger partial charge on any atom is -0.478 e. The molecule has 2 aliphatic carbocycles. The highest BCUT2D eigenvalue weighted by Crippen LogP contribution is 2.36. The summed E-state index contributed by atoms with van der Waals surface area (Å²) in [4.78, 5) is 43.2. The highest BCUT2D eigenvalue weighted by atomic mass is 16.4. The summed E-state index contributed by atoms with van der Waals surface area (Å²) in [6, 6.07) is -0.694. The number of likely N-dealkylation sites (tertiary alicyclic amines) is 1. The zero-order valence-corrected chi connectivity index (χ0v) is 21.4. The van der Waals surface area contributed by atoms with E-state index in [1.54, 1.807) is 11.0 Å². The molecule has 0 spiro atoms. The Labute approximate surface area is 204 Å². The average molecular weight is 469 g/mol. The molecular weight excluding hydrogens is 428 g/mol. The maximum Gasteiger partial charge on any atom is 0.334 e. The first-order valence-corrected chi connectivity index (χ1v) is 12.8. The summed E-state index contributed by atoms with van der Waals surface area (Å²) >= 11 is 0. The Hall–Kier alpha value is -2.55. The molecule has 6 heteroatoms. The number of rotatable bonds is 6. The standard InChI is InChI=1S/C28H40N2O4/c1-6-23(26(32)29-15-7-8-16-29)30(25(31)21-11-9-19(2)10-12-21)24-18-20(13-14-28(3,4)5)17-22(24)27(33)34/h18-19,21,23H,6-12,15-17H2,1-5H3,(H,33,34)/t19?,21?,23-/m0/s1. The van der Waals surface area contributed by atoms with Gasteiger partial charge in [0.2, 0.25) is 11.8 Å². The van der Waals surface area contributed by atoms with Gasteiger partial charge in [0.15, 0.2) is 0 Å². The summed E-state index contributed by atoms with van der Waals surface area (Å²) in [5.74, 6) is 5.47. The molecule has 1 aliphatic heterocycles. The van der Waals surface area contributed by atoms with Crippen LogP contribution in [0.2, 0.25) is 0 Å². The van der Waals surface area contributed by atoms with Gasteiger partial charge in [-0.25, -0.2) is 4.79 Å². The molecule has 6 nitrogen and oxygen atoms in total. The Morgan fingerprint density at radius 2 is 1.76 bits per heavy atom. The number of aliphatic carboxylic acids is 1. The van der Waals surface area contributed by atoms with E-state index in [1.165, 1.54) is 0 Å². The fraction of sp³-hybridized carbons (Fsp3) is 0.679. The Morgan fingerprint density at radius 3 is 2.29 bits per heavy atom. The summed E-state index contributed by atoms with van der Waals surface area (Å²) in [5, 5.41) is 10.0. The Bertz CT molecular complexity index is 930. The third kappa shape index (κ3) is 6.11. The van der Waals surface area contributed by atoms with Crippen LogP contribution in [0.4, 0.5) is 0 Å². The molecule has 1 saturated heterocycles. The van der Waals surface area contributed by atoms with Crippen LogP contribution >= 0.6 is 0 Å². The first-order valence-electron chi connectivity index (χ1n) is 12.8. The lowest BCUT2D eigenvalue weighted by Gasteiger charge is -2.37. The number of hydrogen-bond acceptors (Lipinski definition) is 3. The third-order valence-electron chi connectivity index (χ3n) is 7.11. The van der Waals surface area contributed by atoms with Gasteiger partial charge in [-0.1, -0.05) is 25.7 Å². The fourth-order valence-electron chi connectivity index (χ4n) is 5.09. The van der Waals surface area contributed by atoms with Crippen LogP contribution in [0.1, 0.15) is 86.0 Å². The van der Waals surface area contributed by atoms with Crippen LogP contribution in [0.3, 0.4) is 0 Å². The molecule has 0 aromatic heterocycles. The van der Waals surface area contributed by atoms with Gasteiger partial charge in [-0.05, 0) is 77.7 Å². The van der Waals surface area contributed by atoms with Crippen LogP contribution in [-0.4, -0.2) is 51.8 Å². The normalized spacial score (nSPS) is 23.8. The lowest BCUT2D eigenvalue weighted by molar-refractivity contribution is -0.146. The van der Waals surface area contributed by atoms with Gasteiger partial charge < -0.3 is 10.0 Å². The average Bonchev–Trinajstić information content (AvgIpc) is 3.45. The van der Waals surface area contributed by atoms with Gasteiger partial charge in [0.05, 0.1) is 11.3 Å². The number of amides is 2. The summed E-state index contributed by atoms with van der Waals surface area (Å²) in [6.07, 6.45) is 7.80. The predicted molar refractivity (Wildman–Crippen MR) is 132 cm³/mol. The van der Waals surface area contributed by atoms with Gasteiger partial charge in [-0.3, -0.25) is 14.5 Å². The Balaban J connectivity index is 2.04. The molecule has 2 fully saturated rings. The molecule has 0 unspecified atom stereocenters. The van der Waals surface area contributed by atoms with Crippen molar-refractivity contribution in [1.82, 2.24) is 9.80 Å². The molecule has 0 radical (unpaired) electrons. The van der Waals surface area contributed by atoms with Crippen molar-refractivity contribution in [2.75, 3.05) is 13.1 Å². The first kappa shape index (κ1) is 26.1. The number of allylic oxidation sites excluding steroid dienone is 2. The second-order valence-electron chi connectivity index (χ2n) is 11.1. The topological polar surface area (TPSA) is 77.9 Å². The zero-order valence-electron chi connectivity index (χ0n) is 21.4. The van der Waals surface area contributed by atoms with E-state index in [-0.39, 0.29) is 35.1 Å². The van der Waals surface area contributed by atoms with E-state index in [9.17, 15) is 19.5 Å². The number of carboxylic acids is 1. The second-order valence-corrected chi connectivity index (χ2v) is 11.1. The number of carbonyl (C=O) groups is 3. The second kappa shape index (κ2) is 10.8. The molecule has 0 aromatic rings. The Morgan fingerprint density at radius 1 is 1.15 bits per heavy atom. The van der Waals surface area contributed by atoms with Crippen LogP contribution in [0.15, 0.2) is 22.9 Å². The van der Waals surface area contributed by atoms with Crippen molar-refractivity contribution in [2.24, 2.45) is 17.3 Å². The van der Waals surface area contributed by atoms with Gasteiger partial charge >= 0.3 is 5.97 Å². The van der Waals surface area contributed by atoms with E-state index in [1.807, 2.05) is 32.6 Å². The predicted octanol–water partition coefficient (Wildman–Crippen LogP) is 4.76. The van der Waals surface area contributed by atoms with E-state index >= 15 is 0 Å². The zero-order chi connectivity index (χ0) is 25.0. The minimum atomic E-state index is -1.06. The van der Waals surface area contributed by atoms with Crippen molar-refractivity contribution in [1.29, 1.82) is 0 Å². The molecule has 0 aromatic carbocycles. The summed E-state index contributed by atoms with van der Waals surface area (Å²) in [5.41, 5.74) is 0.969. The molecule has 34 heavy (non-hydrogen) atoms. The molecule has 3 rings (SSSR count). The number of hydrogen-bond donors (Lipinski definition) is 1. The van der Waals surface area contributed by atoms with E-state index in [2.05, 4.69) is 18.8 Å². The van der Waals surface area contributed by atoms with Crippen LogP contribution in [0, 0.1) is 29.1 Å². The van der Waals surface area contributed by atoms with Crippen molar-refractivity contribution >= 4 is 17.8 Å². The third-order valence-corrected chi connectivity index (χ3v) is 7.11. The van der Waals surface area contributed by atoms with E-state index in [4.69, 9.17) is 0 Å². The molecule has 186 valence electrons. The molecular formula is C28H40N2O4. The van der Waals surface area contributed by atoms with E-state index in [0.717, 1.165) is 38.5 Å². The number of nitrogens with zero attached hydrogens (tertiary/aromatic N) is 2. The van der Waals surface area contributed by atoms with Crippen molar-refractivity contribution < 1.29 is 19.5 Å². The van der Waals surface area contributed by atoms with Gasteiger partial charge in [0.25, 0.3) is 0 Å². The van der Waals surface area contributed by atoms with Crippen molar-refractivity contribution in [3.8, 4) is 11.8 Å².